The van der Waals surface area contributed by atoms with E-state index in [0.717, 1.165) is 25.8 Å². The lowest BCUT2D eigenvalue weighted by molar-refractivity contribution is -0.123. The van der Waals surface area contributed by atoms with Crippen LogP contribution in [0.2, 0.25) is 0 Å². The Morgan fingerprint density at radius 2 is 2.16 bits per heavy atom. The zero-order chi connectivity index (χ0) is 13.2. The highest BCUT2D eigenvalue weighted by molar-refractivity contribution is 5.78. The molecule has 1 atom stereocenters. The molecule has 0 radical (unpaired) electrons. The predicted molar refractivity (Wildman–Crippen MR) is 74.7 cm³/mol. The fourth-order valence-corrected chi connectivity index (χ4v) is 2.85. The monoisotopic (exact) mass is 259 g/mol. The number of nitrogens with zero attached hydrogens (tertiary/aromatic N) is 1. The van der Waals surface area contributed by atoms with Crippen LogP contribution in [-0.4, -0.2) is 36.5 Å². The van der Waals surface area contributed by atoms with Gasteiger partial charge in [0, 0.05) is 25.2 Å². The number of benzene rings is 1. The lowest BCUT2D eigenvalue weighted by atomic mass is 9.92. The van der Waals surface area contributed by atoms with Crippen molar-refractivity contribution in [2.75, 3.05) is 19.6 Å². The second-order valence-electron chi connectivity index (χ2n) is 5.51. The molecule has 1 heterocycles. The number of hydrogen-bond acceptors (Lipinski definition) is 3. The number of nitrogens with one attached hydrogen (secondary N) is 1. The fraction of sp³-hybridized carbons (Fsp3) is 0.533. The Kier molecular flexibility index (Phi) is 3.53. The highest BCUT2D eigenvalue weighted by Gasteiger charge is 2.29. The molecular weight excluding hydrogens is 238 g/mol. The summed E-state index contributed by atoms with van der Waals surface area (Å²) < 4.78 is 0. The highest BCUT2D eigenvalue weighted by Crippen LogP contribution is 2.28. The summed E-state index contributed by atoms with van der Waals surface area (Å²) in [6.45, 7) is 1.94. The molecule has 1 unspecified atom stereocenters. The average Bonchev–Trinajstić information content (AvgIpc) is 3.22. The van der Waals surface area contributed by atoms with E-state index in [-0.39, 0.29) is 11.9 Å². The maximum atomic E-state index is 11.9. The molecule has 1 aromatic rings. The first kappa shape index (κ1) is 12.6. The smallest absolute Gasteiger partial charge is 0.234 e. The van der Waals surface area contributed by atoms with Crippen molar-refractivity contribution < 1.29 is 4.79 Å². The first-order valence-electron chi connectivity index (χ1n) is 7.09. The summed E-state index contributed by atoms with van der Waals surface area (Å²) in [5, 5.41) is 3.05. The van der Waals surface area contributed by atoms with Crippen LogP contribution in [0.4, 0.5) is 0 Å². The van der Waals surface area contributed by atoms with Gasteiger partial charge < -0.3 is 11.1 Å². The number of carbonyl (C=O) groups is 1. The van der Waals surface area contributed by atoms with Crippen LogP contribution in [0.15, 0.2) is 24.3 Å². The minimum Gasteiger partial charge on any atom is -0.352 e. The standard InChI is InChI=1S/C15H21N3O/c16-9-14-13-4-2-1-3-11(13)7-8-18(14)10-15(19)17-12-5-6-12/h1-4,12,14H,5-10,16H2,(H,17,19). The Labute approximate surface area is 114 Å². The van der Waals surface area contributed by atoms with Gasteiger partial charge in [-0.25, -0.2) is 0 Å². The molecule has 1 aromatic carbocycles. The molecule has 0 saturated heterocycles. The molecule has 4 nitrogen and oxygen atoms in total. The van der Waals surface area contributed by atoms with Crippen molar-refractivity contribution in [3.05, 3.63) is 35.4 Å². The molecular formula is C15H21N3O. The van der Waals surface area contributed by atoms with Gasteiger partial charge in [-0.15, -0.1) is 0 Å². The molecule has 2 aliphatic rings. The van der Waals surface area contributed by atoms with Gasteiger partial charge in [0.15, 0.2) is 0 Å². The van der Waals surface area contributed by atoms with E-state index >= 15 is 0 Å². The summed E-state index contributed by atoms with van der Waals surface area (Å²) in [6.07, 6.45) is 3.27. The van der Waals surface area contributed by atoms with Crippen molar-refractivity contribution in [3.63, 3.8) is 0 Å². The van der Waals surface area contributed by atoms with Gasteiger partial charge in [-0.05, 0) is 30.4 Å². The molecule has 3 rings (SSSR count). The van der Waals surface area contributed by atoms with Crippen molar-refractivity contribution in [3.8, 4) is 0 Å². The van der Waals surface area contributed by atoms with Crippen molar-refractivity contribution >= 4 is 5.91 Å². The van der Waals surface area contributed by atoms with E-state index in [1.807, 2.05) is 0 Å². The Bertz CT molecular complexity index is 470. The third-order valence-corrected chi connectivity index (χ3v) is 4.04. The van der Waals surface area contributed by atoms with Crippen LogP contribution >= 0.6 is 0 Å². The van der Waals surface area contributed by atoms with Crippen LogP contribution in [-0.2, 0) is 11.2 Å². The summed E-state index contributed by atoms with van der Waals surface area (Å²) in [5.74, 6) is 0.139. The summed E-state index contributed by atoms with van der Waals surface area (Å²) in [5.41, 5.74) is 8.58. The van der Waals surface area contributed by atoms with E-state index in [2.05, 4.69) is 34.5 Å². The van der Waals surface area contributed by atoms with E-state index in [9.17, 15) is 4.79 Å². The highest BCUT2D eigenvalue weighted by atomic mass is 16.2. The molecule has 0 bridgehead atoms. The molecule has 0 spiro atoms. The Morgan fingerprint density at radius 1 is 1.37 bits per heavy atom. The minimum absolute atomic E-state index is 0.139. The molecule has 19 heavy (non-hydrogen) atoms. The van der Waals surface area contributed by atoms with Gasteiger partial charge in [0.25, 0.3) is 0 Å². The lowest BCUT2D eigenvalue weighted by Crippen LogP contribution is -2.45. The summed E-state index contributed by atoms with van der Waals surface area (Å²) in [6, 6.07) is 9.03. The van der Waals surface area contributed by atoms with Crippen LogP contribution in [0.3, 0.4) is 0 Å². The van der Waals surface area contributed by atoms with Gasteiger partial charge >= 0.3 is 0 Å². The second-order valence-corrected chi connectivity index (χ2v) is 5.51. The van der Waals surface area contributed by atoms with Crippen LogP contribution in [0.5, 0.6) is 0 Å². The van der Waals surface area contributed by atoms with E-state index in [0.29, 0.717) is 19.1 Å². The first-order valence-corrected chi connectivity index (χ1v) is 7.09. The van der Waals surface area contributed by atoms with Gasteiger partial charge in [-0.2, -0.15) is 0 Å². The van der Waals surface area contributed by atoms with E-state index in [1.54, 1.807) is 0 Å². The maximum Gasteiger partial charge on any atom is 0.234 e. The summed E-state index contributed by atoms with van der Waals surface area (Å²) in [4.78, 5) is 14.1. The summed E-state index contributed by atoms with van der Waals surface area (Å²) >= 11 is 0. The van der Waals surface area contributed by atoms with Crippen LogP contribution in [0, 0.1) is 0 Å². The SMILES string of the molecule is NCC1c2ccccc2CCN1CC(=O)NC1CC1. The molecule has 0 aromatic heterocycles. The number of hydrogen-bond donors (Lipinski definition) is 2. The Hall–Kier alpha value is -1.39. The third kappa shape index (κ3) is 2.80. The van der Waals surface area contributed by atoms with Gasteiger partial charge in [0.05, 0.1) is 6.54 Å². The van der Waals surface area contributed by atoms with Gasteiger partial charge in [0.1, 0.15) is 0 Å². The fourth-order valence-electron chi connectivity index (χ4n) is 2.85. The molecule has 3 N–H and O–H groups in total. The lowest BCUT2D eigenvalue weighted by Gasteiger charge is -2.36. The number of nitrogens with two attached hydrogens (primary N) is 1. The van der Waals surface area contributed by atoms with Gasteiger partial charge in [-0.1, -0.05) is 24.3 Å². The molecule has 102 valence electrons. The van der Waals surface area contributed by atoms with Crippen LogP contribution in [0.25, 0.3) is 0 Å². The number of amides is 1. The van der Waals surface area contributed by atoms with E-state index in [1.165, 1.54) is 11.1 Å². The van der Waals surface area contributed by atoms with Crippen LogP contribution in [0.1, 0.15) is 30.0 Å². The normalized spacial score (nSPS) is 22.9. The van der Waals surface area contributed by atoms with Crippen molar-refractivity contribution in [1.82, 2.24) is 10.2 Å². The van der Waals surface area contributed by atoms with Crippen molar-refractivity contribution in [1.29, 1.82) is 0 Å². The van der Waals surface area contributed by atoms with Crippen molar-refractivity contribution in [2.45, 2.75) is 31.3 Å². The molecule has 1 aliphatic heterocycles. The molecule has 1 amide bonds. The Morgan fingerprint density at radius 3 is 2.89 bits per heavy atom. The largest absolute Gasteiger partial charge is 0.352 e. The van der Waals surface area contributed by atoms with Crippen LogP contribution < -0.4 is 11.1 Å². The van der Waals surface area contributed by atoms with E-state index in [4.69, 9.17) is 5.73 Å². The zero-order valence-electron chi connectivity index (χ0n) is 11.1. The average molecular weight is 259 g/mol. The molecule has 4 heteroatoms. The second kappa shape index (κ2) is 5.31. The zero-order valence-corrected chi connectivity index (χ0v) is 11.1. The Balaban J connectivity index is 1.70. The van der Waals surface area contributed by atoms with Crippen molar-refractivity contribution in [2.24, 2.45) is 5.73 Å². The summed E-state index contributed by atoms with van der Waals surface area (Å²) in [7, 11) is 0. The maximum absolute atomic E-state index is 11.9. The number of rotatable bonds is 4. The number of fused-ring (bicyclic) bond motifs is 1. The topological polar surface area (TPSA) is 58.4 Å². The molecule has 1 saturated carbocycles. The first-order chi connectivity index (χ1) is 9.28. The molecule has 1 fully saturated rings. The third-order valence-electron chi connectivity index (χ3n) is 4.04. The van der Waals surface area contributed by atoms with E-state index < -0.39 is 0 Å². The number of carbonyl (C=O) groups excluding carboxylic acids is 1. The minimum atomic E-state index is 0.139. The predicted octanol–water partition coefficient (Wildman–Crippen LogP) is 0.823. The van der Waals surface area contributed by atoms with Gasteiger partial charge in [-0.3, -0.25) is 9.69 Å². The molecule has 1 aliphatic carbocycles. The quantitative estimate of drug-likeness (QED) is 0.842. The van der Waals surface area contributed by atoms with Gasteiger partial charge in [0.2, 0.25) is 5.91 Å².